The van der Waals surface area contributed by atoms with E-state index in [-0.39, 0.29) is 19.0 Å². The topological polar surface area (TPSA) is 150 Å². The van der Waals surface area contributed by atoms with E-state index in [4.69, 9.17) is 10.8 Å². The van der Waals surface area contributed by atoms with Crippen LogP contribution in [0, 0.1) is 0 Å². The van der Waals surface area contributed by atoms with E-state index in [2.05, 4.69) is 26.9 Å². The molecule has 1 aromatic carbocycles. The van der Waals surface area contributed by atoms with Crippen molar-refractivity contribution in [1.82, 2.24) is 15.5 Å². The van der Waals surface area contributed by atoms with Crippen molar-refractivity contribution in [2.75, 3.05) is 18.0 Å². The predicted molar refractivity (Wildman–Crippen MR) is 118 cm³/mol. The zero-order chi connectivity index (χ0) is 26.1. The second-order valence-corrected chi connectivity index (χ2v) is 8.24. The van der Waals surface area contributed by atoms with Crippen LogP contribution in [0.4, 0.5) is 28.4 Å². The van der Waals surface area contributed by atoms with Crippen LogP contribution in [0.5, 0.6) is 0 Å². The normalized spacial score (nSPS) is 19.5. The first-order valence-electron chi connectivity index (χ1n) is 10.2. The minimum absolute atomic E-state index is 0.0109. The molecule has 0 bridgehead atoms. The molecule has 2 aliphatic heterocycles. The summed E-state index contributed by atoms with van der Waals surface area (Å²) in [6, 6.07) is 2.23. The van der Waals surface area contributed by atoms with Gasteiger partial charge in [-0.3, -0.25) is 14.6 Å². The number of aliphatic imine (C=N–C) groups is 1. The zero-order valence-electron chi connectivity index (χ0n) is 18.7. The number of amides is 3. The van der Waals surface area contributed by atoms with Crippen LogP contribution in [0.3, 0.4) is 0 Å². The summed E-state index contributed by atoms with van der Waals surface area (Å²) >= 11 is 0. The molecule has 1 fully saturated rings. The highest BCUT2D eigenvalue weighted by Gasteiger charge is 2.46. The number of carboxylic acid groups (broad SMARTS) is 1. The maximum atomic E-state index is 14.1. The van der Waals surface area contributed by atoms with Crippen molar-refractivity contribution in [3.05, 3.63) is 53.9 Å². The zero-order valence-corrected chi connectivity index (χ0v) is 18.7. The van der Waals surface area contributed by atoms with Gasteiger partial charge in [0.2, 0.25) is 5.96 Å². The Kier molecular flexibility index (Phi) is 6.78. The molecule has 5 N–H and O–H groups in total. The first-order chi connectivity index (χ1) is 16.3. The molecule has 1 atom stereocenters. The van der Waals surface area contributed by atoms with Gasteiger partial charge in [-0.15, -0.1) is 6.58 Å². The molecule has 35 heavy (non-hydrogen) atoms. The van der Waals surface area contributed by atoms with Crippen molar-refractivity contribution in [2.24, 2.45) is 10.7 Å². The molecular formula is C21H23F3N6O5. The Balaban J connectivity index is 2.27. The lowest BCUT2D eigenvalue weighted by atomic mass is 10.0. The number of rotatable bonds is 5. The number of nitrogens with zero attached hydrogens (tertiary/aromatic N) is 3. The Bertz CT molecular complexity index is 1130. The highest BCUT2D eigenvalue weighted by molar-refractivity contribution is 6.12. The SMILES string of the molecule is C=CCNC(=O)c1cccc(C(F)(F)F)c1N1C(N2CC(C)(C)NC2=O)=NC=C(OC(=O)O)C1N. The first-order valence-corrected chi connectivity index (χ1v) is 10.2. The van der Waals surface area contributed by atoms with E-state index in [1.54, 1.807) is 13.8 Å². The molecule has 1 unspecified atom stereocenters. The monoisotopic (exact) mass is 496 g/mol. The number of hydrogen-bond donors (Lipinski definition) is 4. The molecule has 3 rings (SSSR count). The molecule has 1 saturated heterocycles. The molecule has 188 valence electrons. The standard InChI is InChI=1S/C21H23F3N6O5/c1-4-8-26-16(31)11-6-5-7-12(21(22,23)24)14(11)30-15(25)13(35-19(33)34)9-27-17(30)29-10-20(2,3)28-18(29)32/h4-7,9,15H,1,8,10,25H2,2-3H3,(H,26,31)(H,28,32)(H,33,34). The number of guanidine groups is 1. The van der Waals surface area contributed by atoms with Crippen molar-refractivity contribution in [2.45, 2.75) is 31.7 Å². The average molecular weight is 496 g/mol. The first kappa shape index (κ1) is 25.6. The van der Waals surface area contributed by atoms with Gasteiger partial charge in [-0.2, -0.15) is 13.2 Å². The summed E-state index contributed by atoms with van der Waals surface area (Å²) in [5.41, 5.74) is 2.96. The summed E-state index contributed by atoms with van der Waals surface area (Å²) in [7, 11) is 0. The van der Waals surface area contributed by atoms with Gasteiger partial charge in [-0.25, -0.2) is 14.6 Å². The quantitative estimate of drug-likeness (QED) is 0.361. The number of anilines is 1. The molecule has 11 nitrogen and oxygen atoms in total. The fraction of sp³-hybridized carbons (Fsp3) is 0.333. The summed E-state index contributed by atoms with van der Waals surface area (Å²) in [6.45, 7) is 6.77. The van der Waals surface area contributed by atoms with Crippen molar-refractivity contribution in [3.8, 4) is 0 Å². The summed E-state index contributed by atoms with van der Waals surface area (Å²) in [4.78, 5) is 42.5. The fourth-order valence-corrected chi connectivity index (χ4v) is 3.64. The number of nitrogens with one attached hydrogen (secondary N) is 2. The third-order valence-corrected chi connectivity index (χ3v) is 5.02. The van der Waals surface area contributed by atoms with Crippen LogP contribution >= 0.6 is 0 Å². The third-order valence-electron chi connectivity index (χ3n) is 5.02. The number of alkyl halides is 3. The Morgan fingerprint density at radius 1 is 1.43 bits per heavy atom. The minimum Gasteiger partial charge on any atom is -0.449 e. The lowest BCUT2D eigenvalue weighted by Crippen LogP contribution is -2.57. The van der Waals surface area contributed by atoms with Gasteiger partial charge in [0.25, 0.3) is 5.91 Å². The van der Waals surface area contributed by atoms with Gasteiger partial charge in [0.05, 0.1) is 35.1 Å². The maximum Gasteiger partial charge on any atom is 0.511 e. The van der Waals surface area contributed by atoms with Gasteiger partial charge in [-0.1, -0.05) is 12.1 Å². The van der Waals surface area contributed by atoms with Crippen LogP contribution in [0.25, 0.3) is 0 Å². The molecule has 3 amide bonds. The largest absolute Gasteiger partial charge is 0.511 e. The van der Waals surface area contributed by atoms with Crippen LogP contribution in [-0.2, 0) is 10.9 Å². The van der Waals surface area contributed by atoms with E-state index in [9.17, 15) is 27.6 Å². The number of halogens is 3. The van der Waals surface area contributed by atoms with Gasteiger partial charge < -0.3 is 26.2 Å². The number of carbonyl (C=O) groups is 3. The van der Waals surface area contributed by atoms with Crippen LogP contribution in [0.1, 0.15) is 29.8 Å². The Morgan fingerprint density at radius 3 is 2.66 bits per heavy atom. The summed E-state index contributed by atoms with van der Waals surface area (Å²) < 4.78 is 47.1. The second-order valence-electron chi connectivity index (χ2n) is 8.24. The van der Waals surface area contributed by atoms with Crippen LogP contribution < -0.4 is 21.3 Å². The molecule has 2 heterocycles. The number of benzene rings is 1. The summed E-state index contributed by atoms with van der Waals surface area (Å²) in [6.07, 6.45) is -6.20. The molecule has 0 saturated carbocycles. The second kappa shape index (κ2) is 9.29. The van der Waals surface area contributed by atoms with E-state index in [1.165, 1.54) is 6.08 Å². The van der Waals surface area contributed by atoms with Gasteiger partial charge in [-0.05, 0) is 26.0 Å². The average Bonchev–Trinajstić information content (AvgIpc) is 3.03. The van der Waals surface area contributed by atoms with E-state index >= 15 is 0 Å². The Labute approximate surface area is 197 Å². The van der Waals surface area contributed by atoms with Crippen LogP contribution in [0.2, 0.25) is 0 Å². The maximum absolute atomic E-state index is 14.1. The molecule has 2 aliphatic rings. The van der Waals surface area contributed by atoms with Gasteiger partial charge in [0.1, 0.15) is 6.17 Å². The van der Waals surface area contributed by atoms with Gasteiger partial charge in [0.15, 0.2) is 5.76 Å². The molecular weight excluding hydrogens is 473 g/mol. The molecule has 0 radical (unpaired) electrons. The van der Waals surface area contributed by atoms with Crippen molar-refractivity contribution >= 4 is 29.7 Å². The van der Waals surface area contributed by atoms with E-state index in [0.29, 0.717) is 0 Å². The highest BCUT2D eigenvalue weighted by atomic mass is 19.4. The lowest BCUT2D eigenvalue weighted by Gasteiger charge is -2.39. The number of carbonyl (C=O) groups excluding carboxylic acids is 2. The molecule has 0 spiro atoms. The molecule has 14 heteroatoms. The van der Waals surface area contributed by atoms with Crippen LogP contribution in [-0.4, -0.2) is 58.9 Å². The number of para-hydroxylation sites is 1. The highest BCUT2D eigenvalue weighted by Crippen LogP contribution is 2.41. The van der Waals surface area contributed by atoms with Crippen molar-refractivity contribution in [3.63, 3.8) is 0 Å². The molecule has 0 aliphatic carbocycles. The summed E-state index contributed by atoms with van der Waals surface area (Å²) in [5, 5.41) is 14.1. The van der Waals surface area contributed by atoms with E-state index in [1.807, 2.05) is 0 Å². The number of ether oxygens (including phenoxy) is 1. The number of hydrogen-bond acceptors (Lipinski definition) is 7. The van der Waals surface area contributed by atoms with E-state index in [0.717, 1.165) is 34.2 Å². The smallest absolute Gasteiger partial charge is 0.449 e. The minimum atomic E-state index is -4.96. The van der Waals surface area contributed by atoms with Crippen LogP contribution in [0.15, 0.2) is 47.8 Å². The lowest BCUT2D eigenvalue weighted by molar-refractivity contribution is -0.137. The Morgan fingerprint density at radius 2 is 2.11 bits per heavy atom. The molecule has 0 aromatic heterocycles. The fourth-order valence-electron chi connectivity index (χ4n) is 3.64. The predicted octanol–water partition coefficient (Wildman–Crippen LogP) is 2.42. The van der Waals surface area contributed by atoms with E-state index < -0.39 is 58.5 Å². The van der Waals surface area contributed by atoms with Gasteiger partial charge >= 0.3 is 18.4 Å². The number of urea groups is 1. The van der Waals surface area contributed by atoms with Gasteiger partial charge in [0, 0.05) is 6.54 Å². The summed E-state index contributed by atoms with van der Waals surface area (Å²) in [5.74, 6) is -1.76. The molecule has 1 aromatic rings. The third kappa shape index (κ3) is 5.21. The van der Waals surface area contributed by atoms with Crippen molar-refractivity contribution < 1.29 is 37.4 Å². The Hall–Kier alpha value is -4.07. The number of nitrogens with two attached hydrogens (primary N) is 1. The van der Waals surface area contributed by atoms with Crippen molar-refractivity contribution in [1.29, 1.82) is 0 Å².